The Bertz CT molecular complexity index is 649. The Kier molecular flexibility index (Phi) is 3.92. The van der Waals surface area contributed by atoms with Crippen LogP contribution in [0.3, 0.4) is 0 Å². The van der Waals surface area contributed by atoms with Crippen LogP contribution in [-0.2, 0) is 17.8 Å². The van der Waals surface area contributed by atoms with E-state index in [4.69, 9.17) is 0 Å². The maximum Gasteiger partial charge on any atom is 0.242 e. The number of carbonyl (C=O) groups is 1. The molecule has 0 unspecified atom stereocenters. The number of amides is 1. The Morgan fingerprint density at radius 3 is 3.00 bits per heavy atom. The molecule has 1 amide bonds. The van der Waals surface area contributed by atoms with E-state index in [1.807, 2.05) is 29.2 Å². The van der Waals surface area contributed by atoms with E-state index in [0.29, 0.717) is 6.54 Å². The van der Waals surface area contributed by atoms with Crippen molar-refractivity contribution >= 4 is 16.9 Å². The number of hydrogen-bond donors (Lipinski definition) is 1. The number of aryl methyl sites for hydroxylation is 1. The quantitative estimate of drug-likeness (QED) is 0.928. The lowest BCUT2D eigenvalue weighted by Crippen LogP contribution is -2.53. The lowest BCUT2D eigenvalue weighted by Gasteiger charge is -2.34. The Morgan fingerprint density at radius 1 is 1.43 bits per heavy atom. The summed E-state index contributed by atoms with van der Waals surface area (Å²) in [5.74, 6) is 1.16. The Morgan fingerprint density at radius 2 is 2.24 bits per heavy atom. The fourth-order valence-electron chi connectivity index (χ4n) is 3.01. The highest BCUT2D eigenvalue weighted by Gasteiger charge is 2.24. The molecule has 1 aliphatic heterocycles. The maximum absolute atomic E-state index is 12.6. The summed E-state index contributed by atoms with van der Waals surface area (Å²) in [5.41, 5.74) is 2.01. The zero-order valence-corrected chi connectivity index (χ0v) is 12.7. The molecule has 1 atom stereocenters. The average Bonchev–Trinajstić information content (AvgIpc) is 2.86. The summed E-state index contributed by atoms with van der Waals surface area (Å²) >= 11 is 0. The zero-order valence-electron chi connectivity index (χ0n) is 12.7. The number of aromatic nitrogens is 2. The van der Waals surface area contributed by atoms with Crippen LogP contribution in [0.15, 0.2) is 24.3 Å². The normalized spacial score (nSPS) is 19.1. The van der Waals surface area contributed by atoms with Crippen molar-refractivity contribution in [1.29, 1.82) is 0 Å². The van der Waals surface area contributed by atoms with Crippen LogP contribution in [0, 0.1) is 0 Å². The molecule has 0 bridgehead atoms. The maximum atomic E-state index is 12.6. The Hall–Kier alpha value is -1.88. The number of nitrogens with zero attached hydrogens (tertiary/aromatic N) is 3. The molecule has 0 saturated carbocycles. The SMILES string of the molecule is CCc1nc2ccccc2n1CC(=O)N1CCNC[C@@H]1C. The molecular formula is C16H22N4O. The molecule has 5 nitrogen and oxygen atoms in total. The van der Waals surface area contributed by atoms with E-state index < -0.39 is 0 Å². The van der Waals surface area contributed by atoms with Crippen molar-refractivity contribution in [3.63, 3.8) is 0 Å². The summed E-state index contributed by atoms with van der Waals surface area (Å²) in [6.45, 7) is 7.09. The number of rotatable bonds is 3. The minimum absolute atomic E-state index is 0.182. The molecule has 5 heteroatoms. The van der Waals surface area contributed by atoms with Gasteiger partial charge in [-0.1, -0.05) is 19.1 Å². The average molecular weight is 286 g/mol. The van der Waals surface area contributed by atoms with Gasteiger partial charge in [-0.25, -0.2) is 4.98 Å². The molecule has 1 saturated heterocycles. The molecule has 1 aliphatic rings. The van der Waals surface area contributed by atoms with Crippen molar-refractivity contribution in [1.82, 2.24) is 19.8 Å². The molecule has 0 aliphatic carbocycles. The highest BCUT2D eigenvalue weighted by molar-refractivity contribution is 5.81. The third-order valence-electron chi connectivity index (χ3n) is 4.16. The van der Waals surface area contributed by atoms with Crippen molar-refractivity contribution < 1.29 is 4.79 Å². The van der Waals surface area contributed by atoms with E-state index >= 15 is 0 Å². The first kappa shape index (κ1) is 14.1. The first-order chi connectivity index (χ1) is 10.2. The molecule has 1 N–H and O–H groups in total. The Labute approximate surface area is 125 Å². The number of imidazole rings is 1. The lowest BCUT2D eigenvalue weighted by molar-refractivity contribution is -0.134. The van der Waals surface area contributed by atoms with Crippen LogP contribution in [-0.4, -0.2) is 46.0 Å². The zero-order chi connectivity index (χ0) is 14.8. The minimum atomic E-state index is 0.182. The first-order valence-corrected chi connectivity index (χ1v) is 7.65. The van der Waals surface area contributed by atoms with E-state index in [-0.39, 0.29) is 11.9 Å². The van der Waals surface area contributed by atoms with Gasteiger partial charge >= 0.3 is 0 Å². The van der Waals surface area contributed by atoms with Gasteiger partial charge in [-0.2, -0.15) is 0 Å². The van der Waals surface area contributed by atoms with Crippen LogP contribution >= 0.6 is 0 Å². The summed E-state index contributed by atoms with van der Waals surface area (Å²) < 4.78 is 2.06. The van der Waals surface area contributed by atoms with Crippen molar-refractivity contribution in [3.8, 4) is 0 Å². The topological polar surface area (TPSA) is 50.2 Å². The molecule has 21 heavy (non-hydrogen) atoms. The number of fused-ring (bicyclic) bond motifs is 1. The molecule has 1 fully saturated rings. The Balaban J connectivity index is 1.88. The van der Waals surface area contributed by atoms with Crippen LogP contribution in [0.4, 0.5) is 0 Å². The van der Waals surface area contributed by atoms with Gasteiger partial charge < -0.3 is 14.8 Å². The van der Waals surface area contributed by atoms with Gasteiger partial charge in [-0.05, 0) is 19.1 Å². The lowest BCUT2D eigenvalue weighted by atomic mass is 10.2. The van der Waals surface area contributed by atoms with Gasteiger partial charge in [-0.3, -0.25) is 4.79 Å². The smallest absolute Gasteiger partial charge is 0.242 e. The van der Waals surface area contributed by atoms with Gasteiger partial charge in [0.1, 0.15) is 12.4 Å². The number of carbonyl (C=O) groups excluding carboxylic acids is 1. The van der Waals surface area contributed by atoms with Gasteiger partial charge in [-0.15, -0.1) is 0 Å². The van der Waals surface area contributed by atoms with Crippen LogP contribution < -0.4 is 5.32 Å². The molecular weight excluding hydrogens is 264 g/mol. The summed E-state index contributed by atoms with van der Waals surface area (Å²) in [5, 5.41) is 3.32. The van der Waals surface area contributed by atoms with E-state index in [0.717, 1.165) is 42.9 Å². The molecule has 0 spiro atoms. The van der Waals surface area contributed by atoms with E-state index in [1.165, 1.54) is 0 Å². The summed E-state index contributed by atoms with van der Waals surface area (Å²) in [7, 11) is 0. The summed E-state index contributed by atoms with van der Waals surface area (Å²) in [6.07, 6.45) is 0.832. The predicted octanol–water partition coefficient (Wildman–Crippen LogP) is 1.42. The second-order valence-corrected chi connectivity index (χ2v) is 5.60. The molecule has 2 heterocycles. The second-order valence-electron chi connectivity index (χ2n) is 5.60. The van der Waals surface area contributed by atoms with E-state index in [1.54, 1.807) is 0 Å². The minimum Gasteiger partial charge on any atom is -0.336 e. The van der Waals surface area contributed by atoms with E-state index in [9.17, 15) is 4.79 Å². The highest BCUT2D eigenvalue weighted by Crippen LogP contribution is 2.17. The van der Waals surface area contributed by atoms with Crippen molar-refractivity contribution in [2.75, 3.05) is 19.6 Å². The monoisotopic (exact) mass is 286 g/mol. The third kappa shape index (κ3) is 2.65. The van der Waals surface area contributed by atoms with Crippen LogP contribution in [0.5, 0.6) is 0 Å². The molecule has 112 valence electrons. The standard InChI is InChI=1S/C16H22N4O/c1-3-15-18-13-6-4-5-7-14(13)20(15)11-16(21)19-9-8-17-10-12(19)2/h4-7,12,17H,3,8-11H2,1-2H3/t12-/m0/s1. The second kappa shape index (κ2) is 5.85. The number of piperazine rings is 1. The van der Waals surface area contributed by atoms with Gasteiger partial charge in [0.25, 0.3) is 0 Å². The first-order valence-electron chi connectivity index (χ1n) is 7.65. The van der Waals surface area contributed by atoms with E-state index in [2.05, 4.69) is 28.7 Å². The van der Waals surface area contributed by atoms with Crippen LogP contribution in [0.1, 0.15) is 19.7 Å². The molecule has 3 rings (SSSR count). The van der Waals surface area contributed by atoms with Gasteiger partial charge in [0.15, 0.2) is 0 Å². The van der Waals surface area contributed by atoms with Crippen LogP contribution in [0.2, 0.25) is 0 Å². The highest BCUT2D eigenvalue weighted by atomic mass is 16.2. The van der Waals surface area contributed by atoms with Gasteiger partial charge in [0.2, 0.25) is 5.91 Å². The van der Waals surface area contributed by atoms with Crippen LogP contribution in [0.25, 0.3) is 11.0 Å². The number of benzene rings is 1. The van der Waals surface area contributed by atoms with Crippen molar-refractivity contribution in [2.45, 2.75) is 32.9 Å². The molecule has 0 radical (unpaired) electrons. The van der Waals surface area contributed by atoms with Gasteiger partial charge in [0.05, 0.1) is 11.0 Å². The largest absolute Gasteiger partial charge is 0.336 e. The number of hydrogen-bond acceptors (Lipinski definition) is 3. The van der Waals surface area contributed by atoms with Crippen molar-refractivity contribution in [2.24, 2.45) is 0 Å². The number of nitrogens with one attached hydrogen (secondary N) is 1. The number of para-hydroxylation sites is 2. The molecule has 2 aromatic rings. The van der Waals surface area contributed by atoms with Gasteiger partial charge in [0, 0.05) is 32.1 Å². The summed E-state index contributed by atoms with van der Waals surface area (Å²) in [4.78, 5) is 19.2. The predicted molar refractivity (Wildman–Crippen MR) is 83.2 cm³/mol. The fourth-order valence-corrected chi connectivity index (χ4v) is 3.01. The third-order valence-corrected chi connectivity index (χ3v) is 4.16. The summed E-state index contributed by atoms with van der Waals surface area (Å²) in [6, 6.07) is 8.28. The van der Waals surface area contributed by atoms with Crippen molar-refractivity contribution in [3.05, 3.63) is 30.1 Å². The molecule has 1 aromatic carbocycles. The fraction of sp³-hybridized carbons (Fsp3) is 0.500. The molecule has 1 aromatic heterocycles.